The first-order valence-corrected chi connectivity index (χ1v) is 5.58. The van der Waals surface area contributed by atoms with Crippen molar-refractivity contribution in [2.24, 2.45) is 0 Å². The lowest BCUT2D eigenvalue weighted by atomic mass is 10.1. The third kappa shape index (κ3) is 3.83. The van der Waals surface area contributed by atoms with Crippen molar-refractivity contribution < 1.29 is 9.47 Å². The molecular weight excluding hydrogens is 202 g/mol. The van der Waals surface area contributed by atoms with Crippen molar-refractivity contribution in [1.29, 1.82) is 0 Å². The molecule has 16 heavy (non-hydrogen) atoms. The van der Waals surface area contributed by atoms with Crippen molar-refractivity contribution in [3.05, 3.63) is 29.8 Å². The van der Waals surface area contributed by atoms with Gasteiger partial charge < -0.3 is 14.4 Å². The fourth-order valence-corrected chi connectivity index (χ4v) is 1.52. The van der Waals surface area contributed by atoms with E-state index in [1.54, 1.807) is 7.11 Å². The Morgan fingerprint density at radius 2 is 1.81 bits per heavy atom. The molecule has 1 rings (SSSR count). The van der Waals surface area contributed by atoms with Gasteiger partial charge in [-0.1, -0.05) is 12.1 Å². The minimum atomic E-state index is -0.143. The van der Waals surface area contributed by atoms with Crippen LogP contribution in [0, 0.1) is 0 Å². The van der Waals surface area contributed by atoms with E-state index in [-0.39, 0.29) is 6.29 Å². The maximum absolute atomic E-state index is 5.44. The largest absolute Gasteiger partial charge is 0.378 e. The summed E-state index contributed by atoms with van der Waals surface area (Å²) in [6.07, 6.45) is 0.646. The smallest absolute Gasteiger partial charge is 0.161 e. The lowest BCUT2D eigenvalue weighted by Crippen LogP contribution is -2.18. The maximum Gasteiger partial charge on any atom is 0.161 e. The van der Waals surface area contributed by atoms with Gasteiger partial charge in [0.1, 0.15) is 0 Å². The zero-order valence-corrected chi connectivity index (χ0v) is 10.6. The highest BCUT2D eigenvalue weighted by atomic mass is 16.7. The first-order valence-electron chi connectivity index (χ1n) is 5.58. The van der Waals surface area contributed by atoms with Crippen molar-refractivity contribution in [3.8, 4) is 0 Å². The van der Waals surface area contributed by atoms with E-state index in [9.17, 15) is 0 Å². The second kappa shape index (κ2) is 6.51. The minimum absolute atomic E-state index is 0.143. The van der Waals surface area contributed by atoms with Gasteiger partial charge in [-0.05, 0) is 24.6 Å². The van der Waals surface area contributed by atoms with Gasteiger partial charge in [0.15, 0.2) is 6.29 Å². The molecule has 0 N–H and O–H groups in total. The Morgan fingerprint density at radius 1 is 1.19 bits per heavy atom. The Bertz CT molecular complexity index is 295. The topological polar surface area (TPSA) is 21.7 Å². The van der Waals surface area contributed by atoms with Crippen LogP contribution in [0.1, 0.15) is 12.5 Å². The summed E-state index contributed by atoms with van der Waals surface area (Å²) in [5.41, 5.74) is 2.43. The fraction of sp³-hybridized carbons (Fsp3) is 0.538. The van der Waals surface area contributed by atoms with Crippen LogP contribution in [0.3, 0.4) is 0 Å². The van der Waals surface area contributed by atoms with Crippen molar-refractivity contribution in [2.75, 3.05) is 32.7 Å². The predicted octanol–water partition coefficient (Wildman–Crippen LogP) is 2.30. The Balaban J connectivity index is 2.60. The molecule has 0 aliphatic carbocycles. The molecule has 0 heterocycles. The SMILES string of the molecule is CCOC(Cc1ccc(N(C)C)cc1)OC. The number of anilines is 1. The molecule has 90 valence electrons. The molecule has 0 fully saturated rings. The Labute approximate surface area is 98.0 Å². The fourth-order valence-electron chi connectivity index (χ4n) is 1.52. The molecule has 3 heteroatoms. The molecule has 0 saturated heterocycles. The first kappa shape index (κ1) is 13.0. The Morgan fingerprint density at radius 3 is 2.25 bits per heavy atom. The van der Waals surface area contributed by atoms with Crippen LogP contribution in [0.15, 0.2) is 24.3 Å². The minimum Gasteiger partial charge on any atom is -0.378 e. The summed E-state index contributed by atoms with van der Waals surface area (Å²) in [5, 5.41) is 0. The normalized spacial score (nSPS) is 12.5. The molecule has 3 nitrogen and oxygen atoms in total. The molecule has 1 aromatic carbocycles. The number of nitrogens with zero attached hydrogens (tertiary/aromatic N) is 1. The molecule has 0 bridgehead atoms. The van der Waals surface area contributed by atoms with Gasteiger partial charge in [0.2, 0.25) is 0 Å². The summed E-state index contributed by atoms with van der Waals surface area (Å²) in [6.45, 7) is 2.65. The van der Waals surface area contributed by atoms with Gasteiger partial charge in [0.05, 0.1) is 0 Å². The van der Waals surface area contributed by atoms with Crippen LogP contribution in [0.4, 0.5) is 5.69 Å². The number of methoxy groups -OCH3 is 1. The summed E-state index contributed by atoms with van der Waals surface area (Å²) in [5.74, 6) is 0. The van der Waals surface area contributed by atoms with Crippen LogP contribution in [0.5, 0.6) is 0 Å². The Hall–Kier alpha value is -1.06. The molecule has 1 atom stereocenters. The summed E-state index contributed by atoms with van der Waals surface area (Å²) in [4.78, 5) is 2.08. The molecule has 0 aliphatic heterocycles. The second-order valence-corrected chi connectivity index (χ2v) is 3.89. The third-order valence-electron chi connectivity index (χ3n) is 2.47. The van der Waals surface area contributed by atoms with Gasteiger partial charge in [-0.15, -0.1) is 0 Å². The van der Waals surface area contributed by atoms with Crippen molar-refractivity contribution >= 4 is 5.69 Å². The van der Waals surface area contributed by atoms with Crippen LogP contribution in [-0.4, -0.2) is 34.1 Å². The monoisotopic (exact) mass is 223 g/mol. The van der Waals surface area contributed by atoms with Crippen LogP contribution in [0.2, 0.25) is 0 Å². The van der Waals surface area contributed by atoms with Crippen LogP contribution < -0.4 is 4.90 Å². The molecule has 0 amide bonds. The Kier molecular flexibility index (Phi) is 5.29. The van der Waals surface area contributed by atoms with Crippen LogP contribution in [0.25, 0.3) is 0 Å². The number of hydrogen-bond acceptors (Lipinski definition) is 3. The standard InChI is InChI=1S/C13H21NO2/c1-5-16-13(15-4)10-11-6-8-12(9-7-11)14(2)3/h6-9,13H,5,10H2,1-4H3. The number of benzene rings is 1. The number of hydrogen-bond donors (Lipinski definition) is 0. The molecule has 0 radical (unpaired) electrons. The van der Waals surface area contributed by atoms with Crippen molar-refractivity contribution in [1.82, 2.24) is 0 Å². The molecule has 0 spiro atoms. The van der Waals surface area contributed by atoms with Crippen molar-refractivity contribution in [2.45, 2.75) is 19.6 Å². The summed E-state index contributed by atoms with van der Waals surface area (Å²) >= 11 is 0. The molecule has 0 aromatic heterocycles. The zero-order valence-electron chi connectivity index (χ0n) is 10.6. The highest BCUT2D eigenvalue weighted by Crippen LogP contribution is 2.14. The van der Waals surface area contributed by atoms with E-state index < -0.39 is 0 Å². The van der Waals surface area contributed by atoms with Crippen LogP contribution >= 0.6 is 0 Å². The average molecular weight is 223 g/mol. The lowest BCUT2D eigenvalue weighted by Gasteiger charge is -2.16. The van der Waals surface area contributed by atoms with E-state index in [1.165, 1.54) is 11.3 Å². The van der Waals surface area contributed by atoms with Gasteiger partial charge in [-0.3, -0.25) is 0 Å². The van der Waals surface area contributed by atoms with Gasteiger partial charge in [0, 0.05) is 39.9 Å². The van der Waals surface area contributed by atoms with E-state index >= 15 is 0 Å². The quantitative estimate of drug-likeness (QED) is 0.691. The van der Waals surface area contributed by atoms with E-state index in [2.05, 4.69) is 29.2 Å². The van der Waals surface area contributed by atoms with Gasteiger partial charge in [0.25, 0.3) is 0 Å². The third-order valence-corrected chi connectivity index (χ3v) is 2.47. The summed E-state index contributed by atoms with van der Waals surface area (Å²) in [6, 6.07) is 8.43. The molecular formula is C13H21NO2. The second-order valence-electron chi connectivity index (χ2n) is 3.89. The van der Waals surface area contributed by atoms with Crippen molar-refractivity contribution in [3.63, 3.8) is 0 Å². The summed E-state index contributed by atoms with van der Waals surface area (Å²) in [7, 11) is 5.74. The highest BCUT2D eigenvalue weighted by Gasteiger charge is 2.07. The van der Waals surface area contributed by atoms with Gasteiger partial charge in [-0.2, -0.15) is 0 Å². The van der Waals surface area contributed by atoms with E-state index in [0.717, 1.165) is 6.42 Å². The predicted molar refractivity (Wildman–Crippen MR) is 66.9 cm³/mol. The zero-order chi connectivity index (χ0) is 12.0. The average Bonchev–Trinajstić information content (AvgIpc) is 2.29. The highest BCUT2D eigenvalue weighted by molar-refractivity contribution is 5.46. The number of ether oxygens (including phenoxy) is 2. The maximum atomic E-state index is 5.44. The molecule has 0 saturated carbocycles. The van der Waals surface area contributed by atoms with Gasteiger partial charge >= 0.3 is 0 Å². The molecule has 1 aromatic rings. The van der Waals surface area contributed by atoms with Gasteiger partial charge in [-0.25, -0.2) is 0 Å². The molecule has 0 aliphatic rings. The van der Waals surface area contributed by atoms with E-state index in [0.29, 0.717) is 6.61 Å². The first-order chi connectivity index (χ1) is 7.67. The van der Waals surface area contributed by atoms with E-state index in [4.69, 9.17) is 9.47 Å². The summed E-state index contributed by atoms with van der Waals surface area (Å²) < 4.78 is 10.7. The molecule has 1 unspecified atom stereocenters. The lowest BCUT2D eigenvalue weighted by molar-refractivity contribution is -0.118. The number of rotatable bonds is 6. The van der Waals surface area contributed by atoms with Crippen LogP contribution in [-0.2, 0) is 15.9 Å². The van der Waals surface area contributed by atoms with E-state index in [1.807, 2.05) is 21.0 Å².